The summed E-state index contributed by atoms with van der Waals surface area (Å²) >= 11 is 0. The van der Waals surface area contributed by atoms with Crippen LogP contribution in [0, 0.1) is 0 Å². The third kappa shape index (κ3) is 4.40. The van der Waals surface area contributed by atoms with Gasteiger partial charge in [0.05, 0.1) is 6.26 Å². The highest BCUT2D eigenvalue weighted by Gasteiger charge is 2.15. The third-order valence-corrected chi connectivity index (χ3v) is 3.56. The molecule has 110 valence electrons. The Morgan fingerprint density at radius 3 is 2.60 bits per heavy atom. The van der Waals surface area contributed by atoms with Crippen LogP contribution in [0.3, 0.4) is 0 Å². The fraction of sp³-hybridized carbons (Fsp3) is 0.600. The van der Waals surface area contributed by atoms with Crippen molar-refractivity contribution in [3.8, 4) is 0 Å². The summed E-state index contributed by atoms with van der Waals surface area (Å²) < 4.78 is 5.00. The van der Waals surface area contributed by atoms with Crippen LogP contribution < -0.4 is 5.32 Å². The fourth-order valence-electron chi connectivity index (χ4n) is 2.41. The summed E-state index contributed by atoms with van der Waals surface area (Å²) in [5, 5.41) is 2.75. The molecule has 2 rings (SSSR count). The summed E-state index contributed by atoms with van der Waals surface area (Å²) in [7, 11) is 0. The minimum absolute atomic E-state index is 0.208. The van der Waals surface area contributed by atoms with E-state index in [1.54, 1.807) is 12.1 Å². The molecular weight excluding hydrogens is 256 g/mol. The molecule has 0 spiro atoms. The van der Waals surface area contributed by atoms with Gasteiger partial charge in [-0.1, -0.05) is 12.8 Å². The molecule has 1 saturated heterocycles. The van der Waals surface area contributed by atoms with Gasteiger partial charge >= 0.3 is 0 Å². The minimum Gasteiger partial charge on any atom is -0.459 e. The predicted octanol–water partition coefficient (Wildman–Crippen LogP) is 2.19. The number of hydrogen-bond acceptors (Lipinski definition) is 3. The van der Waals surface area contributed by atoms with Crippen molar-refractivity contribution in [2.24, 2.45) is 0 Å². The van der Waals surface area contributed by atoms with Crippen molar-refractivity contribution < 1.29 is 14.0 Å². The number of likely N-dealkylation sites (tertiary alicyclic amines) is 1. The van der Waals surface area contributed by atoms with Crippen LogP contribution in [0.1, 0.15) is 49.1 Å². The Kier molecular flexibility index (Phi) is 5.65. The smallest absolute Gasteiger partial charge is 0.286 e. The molecule has 1 aliphatic heterocycles. The number of hydrogen-bond donors (Lipinski definition) is 1. The predicted molar refractivity (Wildman–Crippen MR) is 75.3 cm³/mol. The van der Waals surface area contributed by atoms with Gasteiger partial charge in [0.15, 0.2) is 5.76 Å². The van der Waals surface area contributed by atoms with Crippen LogP contribution in [0.5, 0.6) is 0 Å². The van der Waals surface area contributed by atoms with Gasteiger partial charge in [-0.05, 0) is 31.4 Å². The van der Waals surface area contributed by atoms with E-state index in [4.69, 9.17) is 4.42 Å². The second-order valence-corrected chi connectivity index (χ2v) is 5.13. The lowest BCUT2D eigenvalue weighted by Gasteiger charge is -2.20. The van der Waals surface area contributed by atoms with Gasteiger partial charge in [0, 0.05) is 26.1 Å². The Labute approximate surface area is 119 Å². The number of nitrogens with one attached hydrogen (secondary N) is 1. The highest BCUT2D eigenvalue weighted by Crippen LogP contribution is 2.11. The number of rotatable bonds is 5. The molecule has 2 amide bonds. The number of carbonyl (C=O) groups is 2. The van der Waals surface area contributed by atoms with Crippen molar-refractivity contribution in [1.82, 2.24) is 10.2 Å². The van der Waals surface area contributed by atoms with Crippen LogP contribution in [0.2, 0.25) is 0 Å². The first kappa shape index (κ1) is 14.6. The molecule has 0 unspecified atom stereocenters. The lowest BCUT2D eigenvalue weighted by atomic mass is 10.2. The van der Waals surface area contributed by atoms with E-state index in [0.29, 0.717) is 25.1 Å². The highest BCUT2D eigenvalue weighted by molar-refractivity contribution is 5.91. The van der Waals surface area contributed by atoms with Gasteiger partial charge in [0.25, 0.3) is 5.91 Å². The molecule has 1 aliphatic rings. The van der Waals surface area contributed by atoms with Crippen molar-refractivity contribution in [1.29, 1.82) is 0 Å². The molecule has 1 fully saturated rings. The summed E-state index contributed by atoms with van der Waals surface area (Å²) in [5.41, 5.74) is 0. The molecule has 20 heavy (non-hydrogen) atoms. The molecule has 5 heteroatoms. The molecule has 0 atom stereocenters. The van der Waals surface area contributed by atoms with Crippen LogP contribution >= 0.6 is 0 Å². The number of carbonyl (C=O) groups excluding carboxylic acids is 2. The molecule has 1 N–H and O–H groups in total. The van der Waals surface area contributed by atoms with Crippen molar-refractivity contribution >= 4 is 11.8 Å². The topological polar surface area (TPSA) is 62.6 Å². The highest BCUT2D eigenvalue weighted by atomic mass is 16.3. The van der Waals surface area contributed by atoms with Gasteiger partial charge < -0.3 is 14.6 Å². The van der Waals surface area contributed by atoms with Crippen LogP contribution in [0.15, 0.2) is 22.8 Å². The van der Waals surface area contributed by atoms with Gasteiger partial charge in [-0.25, -0.2) is 0 Å². The largest absolute Gasteiger partial charge is 0.459 e. The minimum atomic E-state index is -0.225. The molecule has 1 aromatic rings. The summed E-state index contributed by atoms with van der Waals surface area (Å²) in [4.78, 5) is 25.6. The summed E-state index contributed by atoms with van der Waals surface area (Å²) in [6, 6.07) is 3.30. The maximum atomic E-state index is 12.0. The monoisotopic (exact) mass is 278 g/mol. The third-order valence-electron chi connectivity index (χ3n) is 3.56. The molecule has 1 aromatic heterocycles. The standard InChI is InChI=1S/C15H22N2O3/c18-14(17-10-3-1-2-4-11-17)8-5-9-16-15(19)13-7-6-12-20-13/h6-7,12H,1-5,8-11H2,(H,16,19). The summed E-state index contributed by atoms with van der Waals surface area (Å²) in [5.74, 6) is 0.292. The Hall–Kier alpha value is -1.78. The van der Waals surface area contributed by atoms with Gasteiger partial charge in [-0.2, -0.15) is 0 Å². The lowest BCUT2D eigenvalue weighted by Crippen LogP contribution is -2.32. The number of amides is 2. The van der Waals surface area contributed by atoms with Crippen LogP contribution in [-0.2, 0) is 4.79 Å². The van der Waals surface area contributed by atoms with E-state index in [1.807, 2.05) is 4.90 Å². The molecule has 5 nitrogen and oxygen atoms in total. The first-order valence-electron chi connectivity index (χ1n) is 7.37. The van der Waals surface area contributed by atoms with E-state index in [1.165, 1.54) is 19.1 Å². The lowest BCUT2D eigenvalue weighted by molar-refractivity contribution is -0.131. The van der Waals surface area contributed by atoms with E-state index >= 15 is 0 Å². The van der Waals surface area contributed by atoms with Crippen LogP contribution in [0.25, 0.3) is 0 Å². The van der Waals surface area contributed by atoms with Gasteiger partial charge in [0.1, 0.15) is 0 Å². The van der Waals surface area contributed by atoms with E-state index in [9.17, 15) is 9.59 Å². The van der Waals surface area contributed by atoms with E-state index in [2.05, 4.69) is 5.32 Å². The fourth-order valence-corrected chi connectivity index (χ4v) is 2.41. The molecule has 0 aromatic carbocycles. The Bertz CT molecular complexity index is 420. The van der Waals surface area contributed by atoms with Crippen LogP contribution in [-0.4, -0.2) is 36.3 Å². The Morgan fingerprint density at radius 1 is 1.20 bits per heavy atom. The molecule has 0 bridgehead atoms. The molecule has 0 aliphatic carbocycles. The zero-order valence-corrected chi connectivity index (χ0v) is 11.8. The van der Waals surface area contributed by atoms with E-state index in [0.717, 1.165) is 25.9 Å². The number of furan rings is 1. The van der Waals surface area contributed by atoms with E-state index < -0.39 is 0 Å². The second-order valence-electron chi connectivity index (χ2n) is 5.13. The Morgan fingerprint density at radius 2 is 1.95 bits per heavy atom. The Balaban J connectivity index is 1.62. The first-order chi connectivity index (χ1) is 9.77. The average Bonchev–Trinajstić information content (AvgIpc) is 2.85. The average molecular weight is 278 g/mol. The van der Waals surface area contributed by atoms with Crippen molar-refractivity contribution in [3.05, 3.63) is 24.2 Å². The molecule has 0 saturated carbocycles. The zero-order valence-electron chi connectivity index (χ0n) is 11.8. The first-order valence-corrected chi connectivity index (χ1v) is 7.37. The summed E-state index contributed by atoms with van der Waals surface area (Å²) in [6.45, 7) is 2.27. The molecule has 2 heterocycles. The summed E-state index contributed by atoms with van der Waals surface area (Å²) in [6.07, 6.45) is 7.31. The maximum absolute atomic E-state index is 12.0. The second kappa shape index (κ2) is 7.72. The maximum Gasteiger partial charge on any atom is 0.286 e. The SMILES string of the molecule is O=C(NCCCC(=O)N1CCCCCC1)c1ccco1. The number of nitrogens with zero attached hydrogens (tertiary/aromatic N) is 1. The quantitative estimate of drug-likeness (QED) is 0.840. The van der Waals surface area contributed by atoms with Gasteiger partial charge in [-0.3, -0.25) is 9.59 Å². The molecule has 0 radical (unpaired) electrons. The zero-order chi connectivity index (χ0) is 14.2. The molecular formula is C15H22N2O3. The van der Waals surface area contributed by atoms with Crippen LogP contribution in [0.4, 0.5) is 0 Å². The van der Waals surface area contributed by atoms with Gasteiger partial charge in [-0.15, -0.1) is 0 Å². The normalized spacial score (nSPS) is 15.7. The van der Waals surface area contributed by atoms with Crippen molar-refractivity contribution in [3.63, 3.8) is 0 Å². The van der Waals surface area contributed by atoms with Crippen molar-refractivity contribution in [2.75, 3.05) is 19.6 Å². The van der Waals surface area contributed by atoms with Gasteiger partial charge in [0.2, 0.25) is 5.91 Å². The van der Waals surface area contributed by atoms with Crippen molar-refractivity contribution in [2.45, 2.75) is 38.5 Å². The van der Waals surface area contributed by atoms with E-state index in [-0.39, 0.29) is 11.8 Å².